The number of anilines is 2. The van der Waals surface area contributed by atoms with E-state index in [4.69, 9.17) is 22.2 Å². The number of halogens is 1. The van der Waals surface area contributed by atoms with Crippen molar-refractivity contribution in [2.75, 3.05) is 24.5 Å². The van der Waals surface area contributed by atoms with E-state index >= 15 is 0 Å². The summed E-state index contributed by atoms with van der Waals surface area (Å²) in [7, 11) is 1.61. The molecule has 3 nitrogen and oxygen atoms in total. The van der Waals surface area contributed by atoms with E-state index in [-0.39, 0.29) is 0 Å². The molecule has 0 spiro atoms. The third kappa shape index (κ3) is 2.26. The summed E-state index contributed by atoms with van der Waals surface area (Å²) in [5.74, 6) is 0. The van der Waals surface area contributed by atoms with Crippen molar-refractivity contribution in [2.45, 2.75) is 6.92 Å². The van der Waals surface area contributed by atoms with Gasteiger partial charge in [-0.1, -0.05) is 11.6 Å². The Morgan fingerprint density at radius 3 is 2.69 bits per heavy atom. The maximum atomic E-state index is 5.77. The topological polar surface area (TPSA) is 38.5 Å². The van der Waals surface area contributed by atoms with E-state index in [0.29, 0.717) is 10.7 Å². The molecular formula is C9H13ClN2O. The predicted octanol–water partition coefficient (Wildman–Crippen LogP) is 2.31. The van der Waals surface area contributed by atoms with Crippen molar-refractivity contribution in [2.24, 2.45) is 0 Å². The molecule has 0 atom stereocenters. The second kappa shape index (κ2) is 4.35. The van der Waals surface area contributed by atoms with Crippen molar-refractivity contribution in [3.63, 3.8) is 0 Å². The third-order valence-corrected chi connectivity index (χ3v) is 2.00. The average molecular weight is 201 g/mol. The normalized spacial score (nSPS) is 10.1. The van der Waals surface area contributed by atoms with Crippen molar-refractivity contribution in [1.29, 1.82) is 0 Å². The second-order valence-electron chi connectivity index (χ2n) is 2.58. The Bertz CT molecular complexity index is 287. The minimum absolute atomic E-state index is 0.621. The van der Waals surface area contributed by atoms with Crippen LogP contribution in [-0.2, 0) is 4.84 Å². The molecule has 2 N–H and O–H groups in total. The molecule has 0 aliphatic rings. The van der Waals surface area contributed by atoms with Crippen LogP contribution in [0.15, 0.2) is 18.2 Å². The Morgan fingerprint density at radius 2 is 2.23 bits per heavy atom. The first-order chi connectivity index (χ1) is 6.19. The monoisotopic (exact) mass is 200 g/mol. The van der Waals surface area contributed by atoms with Gasteiger partial charge in [-0.25, -0.2) is 0 Å². The van der Waals surface area contributed by atoms with Gasteiger partial charge in [0.05, 0.1) is 18.5 Å². The Morgan fingerprint density at radius 1 is 1.54 bits per heavy atom. The number of hydroxylamine groups is 1. The molecule has 4 heteroatoms. The maximum Gasteiger partial charge on any atom is 0.0866 e. The minimum atomic E-state index is 0.621. The fraction of sp³-hybridized carbons (Fsp3) is 0.333. The van der Waals surface area contributed by atoms with Crippen LogP contribution in [-0.4, -0.2) is 13.7 Å². The van der Waals surface area contributed by atoms with Gasteiger partial charge in [0, 0.05) is 11.6 Å². The van der Waals surface area contributed by atoms with Crippen molar-refractivity contribution in [3.8, 4) is 0 Å². The van der Waals surface area contributed by atoms with Crippen LogP contribution in [0.3, 0.4) is 0 Å². The summed E-state index contributed by atoms with van der Waals surface area (Å²) in [6.07, 6.45) is 0. The summed E-state index contributed by atoms with van der Waals surface area (Å²) in [4.78, 5) is 5.12. The zero-order chi connectivity index (χ0) is 9.84. The van der Waals surface area contributed by atoms with Gasteiger partial charge in [-0.3, -0.25) is 9.90 Å². The van der Waals surface area contributed by atoms with Crippen molar-refractivity contribution in [3.05, 3.63) is 23.2 Å². The van der Waals surface area contributed by atoms with Gasteiger partial charge >= 0.3 is 0 Å². The molecule has 0 aromatic heterocycles. The molecule has 0 saturated carbocycles. The lowest BCUT2D eigenvalue weighted by atomic mass is 10.2. The van der Waals surface area contributed by atoms with Crippen molar-refractivity contribution in [1.82, 2.24) is 0 Å². The van der Waals surface area contributed by atoms with Crippen LogP contribution in [0.25, 0.3) is 0 Å². The average Bonchev–Trinajstić information content (AvgIpc) is 2.10. The van der Waals surface area contributed by atoms with Crippen LogP contribution >= 0.6 is 11.6 Å². The summed E-state index contributed by atoms with van der Waals surface area (Å²) in [5.41, 5.74) is 7.23. The summed E-state index contributed by atoms with van der Waals surface area (Å²) < 4.78 is 0. The number of hydrogen-bond acceptors (Lipinski definition) is 3. The number of nitrogens with two attached hydrogens (primary N) is 1. The summed E-state index contributed by atoms with van der Waals surface area (Å²) in [6, 6.07) is 5.33. The molecule has 1 aromatic carbocycles. The molecule has 13 heavy (non-hydrogen) atoms. The highest BCUT2D eigenvalue weighted by Crippen LogP contribution is 2.26. The second-order valence-corrected chi connectivity index (χ2v) is 3.02. The summed E-state index contributed by atoms with van der Waals surface area (Å²) in [6.45, 7) is 2.72. The van der Waals surface area contributed by atoms with E-state index in [9.17, 15) is 0 Å². The fourth-order valence-corrected chi connectivity index (χ4v) is 1.33. The molecule has 0 bridgehead atoms. The molecule has 72 valence electrons. The number of nitrogen functional groups attached to an aromatic ring is 1. The molecule has 0 aliphatic heterocycles. The Hall–Kier alpha value is -0.930. The Kier molecular flexibility index (Phi) is 3.39. The number of hydrogen-bond donors (Lipinski definition) is 1. The fourth-order valence-electron chi connectivity index (χ4n) is 1.15. The smallest absolute Gasteiger partial charge is 0.0866 e. The largest absolute Gasteiger partial charge is 0.397 e. The summed E-state index contributed by atoms with van der Waals surface area (Å²) in [5, 5.41) is 2.33. The molecule has 1 aromatic rings. The molecule has 0 amide bonds. The Balaban J connectivity index is 2.99. The van der Waals surface area contributed by atoms with E-state index in [1.54, 1.807) is 24.3 Å². The van der Waals surface area contributed by atoms with E-state index in [0.717, 1.165) is 12.2 Å². The quantitative estimate of drug-likeness (QED) is 0.601. The molecule has 0 aliphatic carbocycles. The van der Waals surface area contributed by atoms with Crippen molar-refractivity contribution < 1.29 is 4.84 Å². The third-order valence-electron chi connectivity index (χ3n) is 1.77. The first-order valence-electron chi connectivity index (χ1n) is 4.05. The van der Waals surface area contributed by atoms with Gasteiger partial charge in [-0.05, 0) is 25.1 Å². The van der Waals surface area contributed by atoms with E-state index < -0.39 is 0 Å². The first kappa shape index (κ1) is 10.2. The highest BCUT2D eigenvalue weighted by Gasteiger charge is 2.06. The van der Waals surface area contributed by atoms with Crippen LogP contribution in [0.2, 0.25) is 5.02 Å². The molecule has 1 rings (SSSR count). The number of nitrogens with zero attached hydrogens (tertiary/aromatic N) is 1. The SMILES string of the molecule is CCN(OC)c1ccc(Cl)cc1N. The van der Waals surface area contributed by atoms with Gasteiger partial charge in [-0.15, -0.1) is 0 Å². The van der Waals surface area contributed by atoms with Gasteiger partial charge in [0.15, 0.2) is 0 Å². The van der Waals surface area contributed by atoms with Crippen LogP contribution in [0.1, 0.15) is 6.92 Å². The Labute approximate surface area is 83.0 Å². The molecular weight excluding hydrogens is 188 g/mol. The zero-order valence-corrected chi connectivity index (χ0v) is 8.51. The van der Waals surface area contributed by atoms with Gasteiger partial charge in [0.1, 0.15) is 0 Å². The minimum Gasteiger partial charge on any atom is -0.397 e. The zero-order valence-electron chi connectivity index (χ0n) is 7.75. The molecule has 0 saturated heterocycles. The van der Waals surface area contributed by atoms with Gasteiger partial charge in [0.2, 0.25) is 0 Å². The highest BCUT2D eigenvalue weighted by atomic mass is 35.5. The van der Waals surface area contributed by atoms with E-state index in [1.165, 1.54) is 0 Å². The highest BCUT2D eigenvalue weighted by molar-refractivity contribution is 6.31. The number of rotatable bonds is 3. The molecule has 0 heterocycles. The molecule has 0 radical (unpaired) electrons. The first-order valence-corrected chi connectivity index (χ1v) is 4.43. The van der Waals surface area contributed by atoms with Gasteiger partial charge in [0.25, 0.3) is 0 Å². The molecule has 0 unspecified atom stereocenters. The van der Waals surface area contributed by atoms with E-state index in [2.05, 4.69) is 0 Å². The van der Waals surface area contributed by atoms with Gasteiger partial charge < -0.3 is 5.73 Å². The van der Waals surface area contributed by atoms with Crippen LogP contribution in [0.5, 0.6) is 0 Å². The number of benzene rings is 1. The molecule has 0 fully saturated rings. The lowest BCUT2D eigenvalue weighted by Crippen LogP contribution is -2.21. The van der Waals surface area contributed by atoms with Crippen LogP contribution < -0.4 is 10.8 Å². The lowest BCUT2D eigenvalue weighted by Gasteiger charge is -2.21. The lowest BCUT2D eigenvalue weighted by molar-refractivity contribution is 0.171. The standard InChI is InChI=1S/C9H13ClN2O/c1-3-12(13-2)9-5-4-7(10)6-8(9)11/h4-6H,3,11H2,1-2H3. The van der Waals surface area contributed by atoms with Gasteiger partial charge in [-0.2, -0.15) is 0 Å². The predicted molar refractivity (Wildman–Crippen MR) is 55.9 cm³/mol. The van der Waals surface area contributed by atoms with Crippen LogP contribution in [0, 0.1) is 0 Å². The van der Waals surface area contributed by atoms with Crippen molar-refractivity contribution >= 4 is 23.0 Å². The maximum absolute atomic E-state index is 5.77. The summed E-state index contributed by atoms with van der Waals surface area (Å²) >= 11 is 5.77. The van der Waals surface area contributed by atoms with Crippen LogP contribution in [0.4, 0.5) is 11.4 Å². The van der Waals surface area contributed by atoms with E-state index in [1.807, 2.05) is 13.0 Å².